The minimum atomic E-state index is 0.0180. The van der Waals surface area contributed by atoms with Crippen LogP contribution < -0.4 is 0 Å². The molecular weight excluding hydrogens is 788 g/mol. The van der Waals surface area contributed by atoms with Gasteiger partial charge in [-0.1, -0.05) is 130 Å². The number of carbonyl (C=O) groups excluding carboxylic acids is 2. The van der Waals surface area contributed by atoms with Crippen LogP contribution in [0.15, 0.2) is 43.0 Å². The van der Waals surface area contributed by atoms with Gasteiger partial charge in [0.25, 0.3) is 11.8 Å². The quantitative estimate of drug-likeness (QED) is 0.0885. The molecule has 2 aromatic rings. The Kier molecular flexibility index (Phi) is 18.4. The number of hydrogen-bond acceptors (Lipinski definition) is 4. The van der Waals surface area contributed by atoms with Gasteiger partial charge in [-0.3, -0.25) is 9.59 Å². The van der Waals surface area contributed by atoms with Crippen LogP contribution in [0.4, 0.5) is 0 Å². The first-order valence-corrected chi connectivity index (χ1v) is 23.2. The average Bonchev–Trinajstić information content (AvgIpc) is 3.86. The predicted octanol–water partition coefficient (Wildman–Crippen LogP) is 14.3. The fourth-order valence-electron chi connectivity index (χ4n) is 7.75. The number of halogens is 2. The Labute approximate surface area is 328 Å². The molecule has 0 radical (unpaired) electrons. The summed E-state index contributed by atoms with van der Waals surface area (Å²) in [5.41, 5.74) is 2.96. The first-order valence-electron chi connectivity index (χ1n) is 20.0. The van der Waals surface area contributed by atoms with Crippen LogP contribution in [0.5, 0.6) is 0 Å². The molecule has 2 amide bonds. The Hall–Kier alpha value is -1.22. The third-order valence-corrected chi connectivity index (χ3v) is 13.8. The molecule has 0 N–H and O–H groups in total. The first-order chi connectivity index (χ1) is 24.3. The molecule has 50 heavy (non-hydrogen) atoms. The molecule has 4 rings (SSSR count). The van der Waals surface area contributed by atoms with Gasteiger partial charge < -0.3 is 9.80 Å². The summed E-state index contributed by atoms with van der Waals surface area (Å²) in [7, 11) is 0. The van der Waals surface area contributed by atoms with Crippen LogP contribution in [0.1, 0.15) is 166 Å². The van der Waals surface area contributed by atoms with Gasteiger partial charge in [-0.2, -0.15) is 0 Å². The summed E-state index contributed by atoms with van der Waals surface area (Å²) in [5, 5.41) is 0. The molecule has 0 atom stereocenters. The molecule has 0 bridgehead atoms. The lowest BCUT2D eigenvalue weighted by atomic mass is 9.93. The van der Waals surface area contributed by atoms with Gasteiger partial charge in [-0.25, -0.2) is 0 Å². The highest BCUT2D eigenvalue weighted by molar-refractivity contribution is 9.11. The standard InChI is InChI=1S/C42H62Br2N2O2S2/c1-5-9-13-17-21-31(22-18-14-10-6-2)29-45-39(33-25-27-35(43)49-33)37-38(41(45)47)40(34-26-28-36(44)50-34)46(42(37)48)30-32(23-19-15-11-7-3)24-20-16-12-8-4/h25-28,31-32H,5-24,29-30H2,1-4H3. The van der Waals surface area contributed by atoms with Crippen molar-refractivity contribution in [2.75, 3.05) is 13.1 Å². The zero-order valence-electron chi connectivity index (χ0n) is 31.3. The summed E-state index contributed by atoms with van der Waals surface area (Å²) in [6.45, 7) is 10.4. The molecule has 4 heterocycles. The normalized spacial score (nSPS) is 15.0. The Morgan fingerprint density at radius 1 is 0.500 bits per heavy atom. The number of nitrogens with zero attached hydrogens (tertiary/aromatic N) is 2. The number of hydrogen-bond donors (Lipinski definition) is 0. The predicted molar refractivity (Wildman–Crippen MR) is 223 cm³/mol. The maximum absolute atomic E-state index is 15.0. The Morgan fingerprint density at radius 3 is 1.08 bits per heavy atom. The van der Waals surface area contributed by atoms with Crippen molar-refractivity contribution in [2.24, 2.45) is 11.8 Å². The molecule has 0 unspecified atom stereocenters. The molecule has 0 fully saturated rings. The highest BCUT2D eigenvalue weighted by Crippen LogP contribution is 2.50. The maximum atomic E-state index is 15.0. The number of thiophene rings is 2. The van der Waals surface area contributed by atoms with E-state index in [0.29, 0.717) is 36.1 Å². The van der Waals surface area contributed by atoms with E-state index in [1.807, 2.05) is 9.80 Å². The van der Waals surface area contributed by atoms with Gasteiger partial charge in [0.05, 0.1) is 39.9 Å². The van der Waals surface area contributed by atoms with E-state index in [4.69, 9.17) is 0 Å². The van der Waals surface area contributed by atoms with Gasteiger partial charge in [-0.15, -0.1) is 22.7 Å². The Bertz CT molecular complexity index is 1300. The minimum Gasteiger partial charge on any atom is -0.306 e. The van der Waals surface area contributed by atoms with E-state index in [1.165, 1.54) is 103 Å². The number of rotatable bonds is 26. The van der Waals surface area contributed by atoms with Crippen molar-refractivity contribution in [2.45, 2.75) is 156 Å². The fourth-order valence-corrected chi connectivity index (χ4v) is 10.6. The molecule has 0 saturated heterocycles. The summed E-state index contributed by atoms with van der Waals surface area (Å²) < 4.78 is 2.04. The molecule has 8 heteroatoms. The highest BCUT2D eigenvalue weighted by atomic mass is 79.9. The largest absolute Gasteiger partial charge is 0.306 e. The van der Waals surface area contributed by atoms with Gasteiger partial charge in [0.15, 0.2) is 0 Å². The highest BCUT2D eigenvalue weighted by Gasteiger charge is 2.50. The van der Waals surface area contributed by atoms with E-state index in [-0.39, 0.29) is 11.8 Å². The van der Waals surface area contributed by atoms with Crippen molar-refractivity contribution < 1.29 is 9.59 Å². The smallest absolute Gasteiger partial charge is 0.261 e. The van der Waals surface area contributed by atoms with Crippen LogP contribution in [0.3, 0.4) is 0 Å². The van der Waals surface area contributed by atoms with Crippen LogP contribution in [-0.4, -0.2) is 34.7 Å². The van der Waals surface area contributed by atoms with Gasteiger partial charge in [0, 0.05) is 13.1 Å². The summed E-state index contributed by atoms with van der Waals surface area (Å²) in [4.78, 5) is 36.0. The monoisotopic (exact) mass is 848 g/mol. The van der Waals surface area contributed by atoms with Crippen molar-refractivity contribution in [1.29, 1.82) is 0 Å². The molecule has 4 nitrogen and oxygen atoms in total. The van der Waals surface area contributed by atoms with Crippen molar-refractivity contribution >= 4 is 77.7 Å². The molecule has 2 aliphatic rings. The average molecular weight is 851 g/mol. The van der Waals surface area contributed by atoms with E-state index >= 15 is 0 Å². The number of unbranched alkanes of at least 4 members (excludes halogenated alkanes) is 12. The molecular formula is C42H62Br2N2O2S2. The van der Waals surface area contributed by atoms with Gasteiger partial charge in [0.1, 0.15) is 0 Å². The van der Waals surface area contributed by atoms with E-state index in [9.17, 15) is 9.59 Å². The summed E-state index contributed by atoms with van der Waals surface area (Å²) in [5.74, 6) is 0.883. The molecule has 0 spiro atoms. The zero-order chi connectivity index (χ0) is 35.9. The second kappa shape index (κ2) is 22.1. The van der Waals surface area contributed by atoms with E-state index < -0.39 is 0 Å². The van der Waals surface area contributed by atoms with E-state index in [0.717, 1.165) is 54.4 Å². The molecule has 0 aliphatic carbocycles. The summed E-state index contributed by atoms with van der Waals surface area (Å²) in [6.07, 6.45) is 24.3. The lowest BCUT2D eigenvalue weighted by Crippen LogP contribution is -2.34. The number of fused-ring (bicyclic) bond motifs is 1. The van der Waals surface area contributed by atoms with Gasteiger partial charge in [-0.05, 0) is 93.6 Å². The molecule has 0 aromatic carbocycles. The molecule has 2 aliphatic heterocycles. The van der Waals surface area contributed by atoms with Crippen molar-refractivity contribution in [3.05, 3.63) is 52.7 Å². The fraction of sp³-hybridized carbons (Fsp3) is 0.667. The summed E-state index contributed by atoms with van der Waals surface area (Å²) >= 11 is 10.7. The second-order valence-electron chi connectivity index (χ2n) is 14.6. The third kappa shape index (κ3) is 11.4. The molecule has 278 valence electrons. The Balaban J connectivity index is 1.74. The molecule has 0 saturated carbocycles. The van der Waals surface area contributed by atoms with Crippen LogP contribution in [0, 0.1) is 11.8 Å². The Morgan fingerprint density at radius 2 is 0.820 bits per heavy atom. The maximum Gasteiger partial charge on any atom is 0.261 e. The van der Waals surface area contributed by atoms with Gasteiger partial charge >= 0.3 is 0 Å². The molecule has 2 aromatic heterocycles. The van der Waals surface area contributed by atoms with Crippen LogP contribution in [0.2, 0.25) is 0 Å². The lowest BCUT2D eigenvalue weighted by molar-refractivity contribution is -0.124. The second-order valence-corrected chi connectivity index (χ2v) is 19.5. The summed E-state index contributed by atoms with van der Waals surface area (Å²) in [6, 6.07) is 8.31. The van der Waals surface area contributed by atoms with Crippen molar-refractivity contribution in [1.82, 2.24) is 9.80 Å². The van der Waals surface area contributed by atoms with E-state index in [1.54, 1.807) is 22.7 Å². The SMILES string of the molecule is CCCCCCC(CCCCCC)CN1C(=O)C2=C(c3ccc(Br)s3)N(CC(CCCCCC)CCCCCC)C(=O)C2=C1c1ccc(Br)s1. The van der Waals surface area contributed by atoms with Crippen LogP contribution in [-0.2, 0) is 9.59 Å². The van der Waals surface area contributed by atoms with Crippen molar-refractivity contribution in [3.63, 3.8) is 0 Å². The zero-order valence-corrected chi connectivity index (χ0v) is 36.1. The number of carbonyl (C=O) groups is 2. The lowest BCUT2D eigenvalue weighted by Gasteiger charge is -2.29. The van der Waals surface area contributed by atoms with Crippen LogP contribution >= 0.6 is 54.5 Å². The van der Waals surface area contributed by atoms with Crippen LogP contribution in [0.25, 0.3) is 11.4 Å². The third-order valence-electron chi connectivity index (χ3n) is 10.5. The van der Waals surface area contributed by atoms with E-state index in [2.05, 4.69) is 83.8 Å². The minimum absolute atomic E-state index is 0.0180. The topological polar surface area (TPSA) is 40.6 Å². The van der Waals surface area contributed by atoms with Gasteiger partial charge in [0.2, 0.25) is 0 Å². The first kappa shape index (κ1) is 41.5. The van der Waals surface area contributed by atoms with Crippen molar-refractivity contribution in [3.8, 4) is 0 Å². The number of amides is 2.